The molecule has 0 aliphatic heterocycles. The summed E-state index contributed by atoms with van der Waals surface area (Å²) in [6.07, 6.45) is 7.92. The maximum absolute atomic E-state index is 4.20. The molecule has 0 aromatic heterocycles. The maximum Gasteiger partial charge on any atom is 0.0132 e. The van der Waals surface area contributed by atoms with E-state index in [2.05, 4.69) is 46.5 Å². The molecule has 0 heterocycles. The SMILES string of the molecule is C=C(CC)CC(NCC)C1CCC(C(C)(C)C)CC1. The Kier molecular flexibility index (Phi) is 6.59. The van der Waals surface area contributed by atoms with Gasteiger partial charge in [0.2, 0.25) is 0 Å². The Morgan fingerprint density at radius 2 is 1.74 bits per heavy atom. The third kappa shape index (κ3) is 5.30. The molecule has 0 amide bonds. The second kappa shape index (κ2) is 7.47. The summed E-state index contributed by atoms with van der Waals surface area (Å²) in [7, 11) is 0. The van der Waals surface area contributed by atoms with Crippen LogP contribution in [0.5, 0.6) is 0 Å². The first kappa shape index (κ1) is 16.8. The van der Waals surface area contributed by atoms with E-state index in [0.29, 0.717) is 11.5 Å². The van der Waals surface area contributed by atoms with Crippen LogP contribution in [0.4, 0.5) is 0 Å². The first-order valence-corrected chi connectivity index (χ1v) is 8.28. The van der Waals surface area contributed by atoms with Crippen LogP contribution in [0.2, 0.25) is 0 Å². The van der Waals surface area contributed by atoms with Crippen LogP contribution >= 0.6 is 0 Å². The maximum atomic E-state index is 4.20. The third-order valence-electron chi connectivity index (χ3n) is 5.04. The largest absolute Gasteiger partial charge is 0.314 e. The van der Waals surface area contributed by atoms with Gasteiger partial charge < -0.3 is 5.32 Å². The van der Waals surface area contributed by atoms with Crippen molar-refractivity contribution in [3.8, 4) is 0 Å². The molecule has 1 heteroatoms. The van der Waals surface area contributed by atoms with Crippen LogP contribution in [-0.4, -0.2) is 12.6 Å². The predicted molar refractivity (Wildman–Crippen MR) is 86.4 cm³/mol. The zero-order valence-corrected chi connectivity index (χ0v) is 13.9. The first-order chi connectivity index (χ1) is 8.88. The average molecular weight is 265 g/mol. The summed E-state index contributed by atoms with van der Waals surface area (Å²) in [5, 5.41) is 3.71. The van der Waals surface area contributed by atoms with E-state index in [4.69, 9.17) is 0 Å². The van der Waals surface area contributed by atoms with Crippen molar-refractivity contribution in [2.24, 2.45) is 17.3 Å². The van der Waals surface area contributed by atoms with Crippen molar-refractivity contribution in [3.05, 3.63) is 12.2 Å². The number of hydrogen-bond acceptors (Lipinski definition) is 1. The molecule has 1 N–H and O–H groups in total. The molecule has 1 nitrogen and oxygen atoms in total. The molecule has 0 aromatic rings. The topological polar surface area (TPSA) is 12.0 Å². The van der Waals surface area contributed by atoms with Crippen LogP contribution in [-0.2, 0) is 0 Å². The van der Waals surface area contributed by atoms with Crippen LogP contribution in [0, 0.1) is 17.3 Å². The van der Waals surface area contributed by atoms with Gasteiger partial charge in [-0.25, -0.2) is 0 Å². The van der Waals surface area contributed by atoms with Crippen LogP contribution in [0.1, 0.15) is 73.1 Å². The minimum Gasteiger partial charge on any atom is -0.314 e. The summed E-state index contributed by atoms with van der Waals surface area (Å²) < 4.78 is 0. The molecule has 1 rings (SSSR count). The van der Waals surface area contributed by atoms with Gasteiger partial charge in [-0.2, -0.15) is 0 Å². The van der Waals surface area contributed by atoms with E-state index in [1.165, 1.54) is 37.7 Å². The Bertz CT molecular complexity index is 266. The standard InChI is InChI=1S/C18H35N/c1-7-14(3)13-17(19-8-2)15-9-11-16(12-10-15)18(4,5)6/h15-17,19H,3,7-13H2,1-2,4-6H3. The molecule has 0 aromatic carbocycles. The van der Waals surface area contributed by atoms with Gasteiger partial charge in [-0.15, -0.1) is 0 Å². The Hall–Kier alpha value is -0.300. The lowest BCUT2D eigenvalue weighted by Crippen LogP contribution is -2.39. The smallest absolute Gasteiger partial charge is 0.0132 e. The molecule has 1 unspecified atom stereocenters. The molecule has 19 heavy (non-hydrogen) atoms. The van der Waals surface area contributed by atoms with E-state index in [-0.39, 0.29) is 0 Å². The van der Waals surface area contributed by atoms with Gasteiger partial charge in [-0.3, -0.25) is 0 Å². The third-order valence-corrected chi connectivity index (χ3v) is 5.04. The van der Waals surface area contributed by atoms with Gasteiger partial charge in [0.05, 0.1) is 0 Å². The fourth-order valence-electron chi connectivity index (χ4n) is 3.51. The summed E-state index contributed by atoms with van der Waals surface area (Å²) >= 11 is 0. The highest BCUT2D eigenvalue weighted by Gasteiger charge is 2.32. The van der Waals surface area contributed by atoms with Crippen molar-refractivity contribution in [2.45, 2.75) is 79.2 Å². The molecule has 1 fully saturated rings. The van der Waals surface area contributed by atoms with Crippen molar-refractivity contribution in [1.82, 2.24) is 5.32 Å². The van der Waals surface area contributed by atoms with Gasteiger partial charge in [0.25, 0.3) is 0 Å². The molecule has 0 spiro atoms. The van der Waals surface area contributed by atoms with E-state index < -0.39 is 0 Å². The van der Waals surface area contributed by atoms with Crippen molar-refractivity contribution < 1.29 is 0 Å². The first-order valence-electron chi connectivity index (χ1n) is 8.28. The minimum atomic E-state index is 0.492. The molecule has 0 radical (unpaired) electrons. The van der Waals surface area contributed by atoms with Crippen molar-refractivity contribution >= 4 is 0 Å². The van der Waals surface area contributed by atoms with Gasteiger partial charge in [-0.05, 0) is 62.3 Å². The fraction of sp³-hybridized carbons (Fsp3) is 0.889. The van der Waals surface area contributed by atoms with E-state index in [9.17, 15) is 0 Å². The van der Waals surface area contributed by atoms with Crippen molar-refractivity contribution in [3.63, 3.8) is 0 Å². The molecule has 0 saturated heterocycles. The van der Waals surface area contributed by atoms with E-state index in [0.717, 1.165) is 24.8 Å². The highest BCUT2D eigenvalue weighted by Crippen LogP contribution is 2.41. The monoisotopic (exact) mass is 265 g/mol. The highest BCUT2D eigenvalue weighted by molar-refractivity contribution is 4.99. The van der Waals surface area contributed by atoms with Gasteiger partial charge in [0.1, 0.15) is 0 Å². The molecular weight excluding hydrogens is 230 g/mol. The average Bonchev–Trinajstić information content (AvgIpc) is 2.37. The number of nitrogens with one attached hydrogen (secondary N) is 1. The molecule has 0 bridgehead atoms. The van der Waals surface area contributed by atoms with Gasteiger partial charge in [0, 0.05) is 6.04 Å². The van der Waals surface area contributed by atoms with Crippen LogP contribution in [0.15, 0.2) is 12.2 Å². The van der Waals surface area contributed by atoms with Crippen LogP contribution in [0.3, 0.4) is 0 Å². The zero-order chi connectivity index (χ0) is 14.5. The van der Waals surface area contributed by atoms with E-state index in [1.807, 2.05) is 0 Å². The summed E-state index contributed by atoms with van der Waals surface area (Å²) in [4.78, 5) is 0. The van der Waals surface area contributed by atoms with Crippen molar-refractivity contribution in [2.75, 3.05) is 6.54 Å². The van der Waals surface area contributed by atoms with Gasteiger partial charge in [0.15, 0.2) is 0 Å². The normalized spacial score (nSPS) is 26.2. The molecule has 1 aliphatic rings. The second-order valence-electron chi connectivity index (χ2n) is 7.45. The van der Waals surface area contributed by atoms with Crippen LogP contribution in [0.25, 0.3) is 0 Å². The minimum absolute atomic E-state index is 0.492. The summed E-state index contributed by atoms with van der Waals surface area (Å²) in [5.74, 6) is 1.78. The van der Waals surface area contributed by atoms with Gasteiger partial charge >= 0.3 is 0 Å². The number of rotatable bonds is 6. The molecular formula is C18H35N. The summed E-state index contributed by atoms with van der Waals surface area (Å²) in [6.45, 7) is 16.9. The molecule has 1 aliphatic carbocycles. The lowest BCUT2D eigenvalue weighted by atomic mass is 9.68. The van der Waals surface area contributed by atoms with E-state index in [1.54, 1.807) is 0 Å². The Morgan fingerprint density at radius 3 is 2.16 bits per heavy atom. The summed E-state index contributed by atoms with van der Waals surface area (Å²) in [5.41, 5.74) is 1.90. The zero-order valence-electron chi connectivity index (χ0n) is 13.9. The Balaban J connectivity index is 2.52. The Morgan fingerprint density at radius 1 is 1.16 bits per heavy atom. The highest BCUT2D eigenvalue weighted by atomic mass is 14.9. The lowest BCUT2D eigenvalue weighted by Gasteiger charge is -2.40. The molecule has 1 saturated carbocycles. The quantitative estimate of drug-likeness (QED) is 0.653. The second-order valence-corrected chi connectivity index (χ2v) is 7.45. The number of hydrogen-bond donors (Lipinski definition) is 1. The van der Waals surface area contributed by atoms with Crippen LogP contribution < -0.4 is 5.32 Å². The lowest BCUT2D eigenvalue weighted by molar-refractivity contribution is 0.132. The van der Waals surface area contributed by atoms with Crippen molar-refractivity contribution in [1.29, 1.82) is 0 Å². The van der Waals surface area contributed by atoms with E-state index >= 15 is 0 Å². The summed E-state index contributed by atoms with van der Waals surface area (Å²) in [6, 6.07) is 0.665. The van der Waals surface area contributed by atoms with Gasteiger partial charge in [-0.1, -0.05) is 46.8 Å². The predicted octanol–water partition coefficient (Wildman–Crippen LogP) is 5.17. The molecule has 1 atom stereocenters. The Labute approximate surface area is 121 Å². The fourth-order valence-corrected chi connectivity index (χ4v) is 3.51. The molecule has 112 valence electrons.